The monoisotopic (exact) mass is 142 g/mol. The molecule has 0 aliphatic carbocycles. The van der Waals surface area contributed by atoms with Crippen LogP contribution in [0.1, 0.15) is 27.7 Å². The molecule has 1 rings (SSSR count). The molecule has 1 fully saturated rings. The van der Waals surface area contributed by atoms with E-state index < -0.39 is 0 Å². The minimum absolute atomic E-state index is 0.488. The number of rotatable bonds is 1. The van der Waals surface area contributed by atoms with Gasteiger partial charge in [0.15, 0.2) is 0 Å². The Kier molecular flexibility index (Phi) is 2.32. The molecule has 1 aliphatic heterocycles. The molecule has 3 atom stereocenters. The summed E-state index contributed by atoms with van der Waals surface area (Å²) in [5, 5.41) is 6.93. The molecule has 2 heteroatoms. The highest BCUT2D eigenvalue weighted by Crippen LogP contribution is 2.12. The molecule has 3 unspecified atom stereocenters. The van der Waals surface area contributed by atoms with Gasteiger partial charge in [0.2, 0.25) is 0 Å². The Bertz CT molecular complexity index is 112. The van der Waals surface area contributed by atoms with Crippen molar-refractivity contribution in [3.63, 3.8) is 0 Å². The van der Waals surface area contributed by atoms with Crippen molar-refractivity contribution in [2.24, 2.45) is 5.92 Å². The normalized spacial score (nSPS) is 41.1. The molecule has 2 N–H and O–H groups in total. The first-order valence-corrected chi connectivity index (χ1v) is 4.13. The highest BCUT2D eigenvalue weighted by molar-refractivity contribution is 4.90. The summed E-state index contributed by atoms with van der Waals surface area (Å²) in [6.07, 6.45) is 0.488. The molecule has 0 aromatic rings. The number of hydrogen-bond donors (Lipinski definition) is 2. The summed E-state index contributed by atoms with van der Waals surface area (Å²) in [5.41, 5.74) is 0. The van der Waals surface area contributed by atoms with Gasteiger partial charge in [-0.1, -0.05) is 13.8 Å². The van der Waals surface area contributed by atoms with Crippen LogP contribution in [-0.2, 0) is 0 Å². The van der Waals surface area contributed by atoms with E-state index in [4.69, 9.17) is 0 Å². The summed E-state index contributed by atoms with van der Waals surface area (Å²) in [6, 6.07) is 1.27. The summed E-state index contributed by atoms with van der Waals surface area (Å²) >= 11 is 0. The SMILES string of the molecule is CC1NC(C)C(C(C)C)N1. The predicted octanol–water partition coefficient (Wildman–Crippen LogP) is 0.938. The van der Waals surface area contributed by atoms with E-state index in [1.54, 1.807) is 0 Å². The summed E-state index contributed by atoms with van der Waals surface area (Å²) in [7, 11) is 0. The Morgan fingerprint density at radius 2 is 1.70 bits per heavy atom. The lowest BCUT2D eigenvalue weighted by molar-refractivity contribution is 0.411. The Hall–Kier alpha value is -0.0800. The molecular weight excluding hydrogens is 124 g/mol. The lowest BCUT2D eigenvalue weighted by Gasteiger charge is -2.18. The highest BCUT2D eigenvalue weighted by atomic mass is 15.2. The molecule has 60 valence electrons. The van der Waals surface area contributed by atoms with Gasteiger partial charge in [-0.15, -0.1) is 0 Å². The van der Waals surface area contributed by atoms with Gasteiger partial charge in [-0.05, 0) is 19.8 Å². The van der Waals surface area contributed by atoms with Gasteiger partial charge in [0, 0.05) is 12.1 Å². The van der Waals surface area contributed by atoms with Gasteiger partial charge in [-0.3, -0.25) is 10.6 Å². The zero-order valence-corrected chi connectivity index (χ0v) is 7.31. The van der Waals surface area contributed by atoms with E-state index >= 15 is 0 Å². The predicted molar refractivity (Wildman–Crippen MR) is 43.8 cm³/mol. The van der Waals surface area contributed by atoms with E-state index in [9.17, 15) is 0 Å². The molecule has 0 bridgehead atoms. The fraction of sp³-hybridized carbons (Fsp3) is 1.00. The third kappa shape index (κ3) is 1.50. The fourth-order valence-corrected chi connectivity index (χ4v) is 1.75. The molecule has 1 aliphatic rings. The Morgan fingerprint density at radius 3 is 1.90 bits per heavy atom. The maximum Gasteiger partial charge on any atom is 0.0547 e. The number of nitrogens with one attached hydrogen (secondary N) is 2. The topological polar surface area (TPSA) is 24.1 Å². The molecular formula is C8H18N2. The fourth-order valence-electron chi connectivity index (χ4n) is 1.75. The molecule has 0 aromatic carbocycles. The largest absolute Gasteiger partial charge is 0.298 e. The van der Waals surface area contributed by atoms with E-state index in [1.165, 1.54) is 0 Å². The molecule has 0 amide bonds. The zero-order valence-electron chi connectivity index (χ0n) is 7.31. The Morgan fingerprint density at radius 1 is 1.10 bits per heavy atom. The standard InChI is InChI=1S/C8H18N2/c1-5(2)8-6(3)9-7(4)10-8/h5-10H,1-4H3. The smallest absolute Gasteiger partial charge is 0.0547 e. The second-order valence-corrected chi connectivity index (χ2v) is 3.61. The third-order valence-corrected chi connectivity index (χ3v) is 2.21. The van der Waals surface area contributed by atoms with Crippen molar-refractivity contribution in [2.75, 3.05) is 0 Å². The summed E-state index contributed by atoms with van der Waals surface area (Å²) in [6.45, 7) is 8.92. The summed E-state index contributed by atoms with van der Waals surface area (Å²) in [4.78, 5) is 0. The molecule has 0 aromatic heterocycles. The van der Waals surface area contributed by atoms with Gasteiger partial charge in [-0.25, -0.2) is 0 Å². The molecule has 0 spiro atoms. The second kappa shape index (κ2) is 2.89. The van der Waals surface area contributed by atoms with E-state index in [0.717, 1.165) is 5.92 Å². The van der Waals surface area contributed by atoms with Crippen molar-refractivity contribution in [1.29, 1.82) is 0 Å². The zero-order chi connectivity index (χ0) is 7.72. The van der Waals surface area contributed by atoms with Crippen LogP contribution in [0, 0.1) is 5.92 Å². The van der Waals surface area contributed by atoms with Crippen LogP contribution in [0.15, 0.2) is 0 Å². The second-order valence-electron chi connectivity index (χ2n) is 3.61. The maximum absolute atomic E-state index is 3.49. The van der Waals surface area contributed by atoms with E-state index in [-0.39, 0.29) is 0 Å². The lowest BCUT2D eigenvalue weighted by atomic mass is 10.00. The molecule has 0 radical (unpaired) electrons. The molecule has 1 heterocycles. The first-order valence-electron chi connectivity index (χ1n) is 4.13. The van der Waals surface area contributed by atoms with Crippen molar-refractivity contribution < 1.29 is 0 Å². The van der Waals surface area contributed by atoms with Gasteiger partial charge in [0.25, 0.3) is 0 Å². The van der Waals surface area contributed by atoms with E-state index in [1.807, 2.05) is 0 Å². The van der Waals surface area contributed by atoms with Crippen LogP contribution in [0.3, 0.4) is 0 Å². The van der Waals surface area contributed by atoms with Crippen LogP contribution in [-0.4, -0.2) is 18.2 Å². The highest BCUT2D eigenvalue weighted by Gasteiger charge is 2.28. The quantitative estimate of drug-likeness (QED) is 0.569. The van der Waals surface area contributed by atoms with Crippen LogP contribution in [0.2, 0.25) is 0 Å². The average Bonchev–Trinajstić information content (AvgIpc) is 2.10. The molecule has 0 saturated carbocycles. The minimum Gasteiger partial charge on any atom is -0.298 e. The van der Waals surface area contributed by atoms with Gasteiger partial charge in [0.1, 0.15) is 0 Å². The Balaban J connectivity index is 2.46. The van der Waals surface area contributed by atoms with Gasteiger partial charge in [0.05, 0.1) is 6.17 Å². The van der Waals surface area contributed by atoms with Crippen LogP contribution < -0.4 is 10.6 Å². The van der Waals surface area contributed by atoms with E-state index in [0.29, 0.717) is 18.2 Å². The van der Waals surface area contributed by atoms with Crippen LogP contribution in [0.25, 0.3) is 0 Å². The van der Waals surface area contributed by atoms with Gasteiger partial charge >= 0.3 is 0 Å². The molecule has 1 saturated heterocycles. The van der Waals surface area contributed by atoms with Crippen LogP contribution in [0.5, 0.6) is 0 Å². The van der Waals surface area contributed by atoms with Crippen LogP contribution >= 0.6 is 0 Å². The average molecular weight is 142 g/mol. The van der Waals surface area contributed by atoms with Gasteiger partial charge in [-0.2, -0.15) is 0 Å². The minimum atomic E-state index is 0.488. The van der Waals surface area contributed by atoms with Crippen molar-refractivity contribution in [3.05, 3.63) is 0 Å². The molecule has 10 heavy (non-hydrogen) atoms. The van der Waals surface area contributed by atoms with Crippen molar-refractivity contribution in [2.45, 2.75) is 45.9 Å². The van der Waals surface area contributed by atoms with Crippen molar-refractivity contribution in [1.82, 2.24) is 10.6 Å². The first-order chi connectivity index (χ1) is 4.61. The van der Waals surface area contributed by atoms with Crippen LogP contribution in [0.4, 0.5) is 0 Å². The summed E-state index contributed by atoms with van der Waals surface area (Å²) in [5.74, 6) is 0.729. The van der Waals surface area contributed by atoms with Crippen molar-refractivity contribution in [3.8, 4) is 0 Å². The lowest BCUT2D eigenvalue weighted by Crippen LogP contribution is -2.36. The maximum atomic E-state index is 3.49. The first kappa shape index (κ1) is 8.02. The van der Waals surface area contributed by atoms with E-state index in [2.05, 4.69) is 38.3 Å². The molecule has 2 nitrogen and oxygen atoms in total. The number of hydrogen-bond acceptors (Lipinski definition) is 2. The third-order valence-electron chi connectivity index (χ3n) is 2.21. The Labute approximate surface area is 63.4 Å². The summed E-state index contributed by atoms with van der Waals surface area (Å²) < 4.78 is 0. The van der Waals surface area contributed by atoms with Crippen molar-refractivity contribution >= 4 is 0 Å². The van der Waals surface area contributed by atoms with Gasteiger partial charge < -0.3 is 0 Å².